The maximum atomic E-state index is 13.7. The number of carbonyl (C=O) groups excluding carboxylic acids is 2. The molecular weight excluding hydrogens is 551 g/mol. The molecule has 0 bridgehead atoms. The van der Waals surface area contributed by atoms with Crippen LogP contribution in [0.4, 0.5) is 4.39 Å². The van der Waals surface area contributed by atoms with Crippen LogP contribution in [0.3, 0.4) is 0 Å². The van der Waals surface area contributed by atoms with Crippen molar-refractivity contribution in [2.75, 3.05) is 13.2 Å². The van der Waals surface area contributed by atoms with Crippen molar-refractivity contribution >= 4 is 27.7 Å². The Morgan fingerprint density at radius 3 is 2.63 bits per heavy atom. The van der Waals surface area contributed by atoms with Crippen molar-refractivity contribution in [3.8, 4) is 16.9 Å². The zero-order valence-electron chi connectivity index (χ0n) is 20.8. The van der Waals surface area contributed by atoms with Crippen LogP contribution in [-0.4, -0.2) is 45.7 Å². The molecule has 2 fully saturated rings. The molecule has 0 spiro atoms. The van der Waals surface area contributed by atoms with Gasteiger partial charge in [-0.05, 0) is 67.8 Å². The third-order valence-corrected chi connectivity index (χ3v) is 7.37. The number of nitrogens with zero attached hydrogens (tertiary/aromatic N) is 3. The molecule has 2 unspecified atom stereocenters. The SMILES string of the molecule is C=C/C(=C\CC1CCC(=O)N1)CCN1C(=O)COC1c1cn(-c2ccc(Br)cc2)nc1-c1ccc(F)cc1. The number of aromatic nitrogens is 2. The number of amides is 2. The molecule has 2 aromatic carbocycles. The summed E-state index contributed by atoms with van der Waals surface area (Å²) >= 11 is 3.46. The van der Waals surface area contributed by atoms with Crippen LogP contribution in [0.2, 0.25) is 0 Å². The zero-order chi connectivity index (χ0) is 26.6. The highest BCUT2D eigenvalue weighted by Crippen LogP contribution is 2.36. The predicted octanol–water partition coefficient (Wildman–Crippen LogP) is 5.47. The number of benzene rings is 2. The van der Waals surface area contributed by atoms with Crippen molar-refractivity contribution in [2.45, 2.75) is 38.0 Å². The highest BCUT2D eigenvalue weighted by atomic mass is 79.9. The van der Waals surface area contributed by atoms with Crippen LogP contribution < -0.4 is 5.32 Å². The van der Waals surface area contributed by atoms with Crippen molar-refractivity contribution in [1.29, 1.82) is 0 Å². The van der Waals surface area contributed by atoms with Gasteiger partial charge in [0.2, 0.25) is 5.91 Å². The van der Waals surface area contributed by atoms with E-state index in [1.807, 2.05) is 30.5 Å². The minimum absolute atomic E-state index is 0.0295. The quantitative estimate of drug-likeness (QED) is 0.342. The average Bonchev–Trinajstić information content (AvgIpc) is 3.63. The Morgan fingerprint density at radius 2 is 1.95 bits per heavy atom. The lowest BCUT2D eigenvalue weighted by molar-refractivity contribution is -0.128. The maximum Gasteiger partial charge on any atom is 0.250 e. The first-order chi connectivity index (χ1) is 18.4. The van der Waals surface area contributed by atoms with Gasteiger partial charge in [-0.25, -0.2) is 9.07 Å². The van der Waals surface area contributed by atoms with Crippen molar-refractivity contribution < 1.29 is 18.7 Å². The fourth-order valence-electron chi connectivity index (χ4n) is 4.76. The van der Waals surface area contributed by atoms with Crippen LogP contribution >= 0.6 is 15.9 Å². The molecule has 3 heterocycles. The van der Waals surface area contributed by atoms with E-state index in [2.05, 4.69) is 33.9 Å². The number of nitrogens with one attached hydrogen (secondary N) is 1. The number of allylic oxidation sites excluding steroid dienone is 1. The summed E-state index contributed by atoms with van der Waals surface area (Å²) in [6, 6.07) is 14.0. The molecule has 2 amide bonds. The summed E-state index contributed by atoms with van der Waals surface area (Å²) in [4.78, 5) is 26.1. The van der Waals surface area contributed by atoms with Gasteiger partial charge in [-0.1, -0.05) is 40.2 Å². The lowest BCUT2D eigenvalue weighted by Crippen LogP contribution is -2.30. The molecule has 1 N–H and O–H groups in total. The molecule has 0 aliphatic carbocycles. The van der Waals surface area contributed by atoms with E-state index in [4.69, 9.17) is 9.84 Å². The van der Waals surface area contributed by atoms with Crippen LogP contribution in [-0.2, 0) is 14.3 Å². The Kier molecular flexibility index (Phi) is 7.85. The lowest BCUT2D eigenvalue weighted by atomic mass is 10.1. The zero-order valence-corrected chi connectivity index (χ0v) is 22.4. The highest BCUT2D eigenvalue weighted by molar-refractivity contribution is 9.10. The number of ether oxygens (including phenoxy) is 1. The summed E-state index contributed by atoms with van der Waals surface area (Å²) in [5.74, 6) is -0.354. The van der Waals surface area contributed by atoms with Crippen molar-refractivity contribution in [1.82, 2.24) is 20.0 Å². The normalized spacial score (nSPS) is 19.7. The van der Waals surface area contributed by atoms with Crippen LogP contribution in [0.5, 0.6) is 0 Å². The molecule has 2 saturated heterocycles. The molecular formula is C29H28BrFN4O3. The summed E-state index contributed by atoms with van der Waals surface area (Å²) in [6.07, 6.45) is 7.83. The van der Waals surface area contributed by atoms with Crippen molar-refractivity contribution in [3.63, 3.8) is 0 Å². The van der Waals surface area contributed by atoms with Crippen molar-refractivity contribution in [2.24, 2.45) is 0 Å². The van der Waals surface area contributed by atoms with E-state index in [0.29, 0.717) is 25.1 Å². The Labute approximate surface area is 229 Å². The number of rotatable bonds is 9. The van der Waals surface area contributed by atoms with E-state index in [0.717, 1.165) is 39.7 Å². The van der Waals surface area contributed by atoms with E-state index < -0.39 is 6.23 Å². The minimum Gasteiger partial charge on any atom is -0.353 e. The molecule has 3 aromatic rings. The van der Waals surface area contributed by atoms with Gasteiger partial charge >= 0.3 is 0 Å². The summed E-state index contributed by atoms with van der Waals surface area (Å²) < 4.78 is 22.4. The second kappa shape index (κ2) is 11.4. The molecule has 5 rings (SSSR count). The van der Waals surface area contributed by atoms with Gasteiger partial charge in [0.05, 0.1) is 5.69 Å². The second-order valence-electron chi connectivity index (χ2n) is 9.38. The van der Waals surface area contributed by atoms with E-state index in [1.54, 1.807) is 27.8 Å². The molecule has 0 radical (unpaired) electrons. The molecule has 7 nitrogen and oxygen atoms in total. The molecule has 9 heteroatoms. The van der Waals surface area contributed by atoms with E-state index in [9.17, 15) is 14.0 Å². The van der Waals surface area contributed by atoms with E-state index in [-0.39, 0.29) is 30.3 Å². The Morgan fingerprint density at radius 1 is 1.18 bits per heavy atom. The molecule has 38 heavy (non-hydrogen) atoms. The molecule has 2 aliphatic rings. The monoisotopic (exact) mass is 578 g/mol. The smallest absolute Gasteiger partial charge is 0.250 e. The maximum absolute atomic E-state index is 13.7. The number of hydrogen-bond acceptors (Lipinski definition) is 4. The van der Waals surface area contributed by atoms with Gasteiger partial charge in [0.15, 0.2) is 6.23 Å². The molecule has 196 valence electrons. The van der Waals surface area contributed by atoms with Gasteiger partial charge in [-0.2, -0.15) is 5.10 Å². The number of carbonyl (C=O) groups is 2. The van der Waals surface area contributed by atoms with Crippen LogP contribution in [0.25, 0.3) is 16.9 Å². The summed E-state index contributed by atoms with van der Waals surface area (Å²) in [5.41, 5.74) is 3.92. The van der Waals surface area contributed by atoms with Gasteiger partial charge in [-0.15, -0.1) is 0 Å². The van der Waals surface area contributed by atoms with E-state index in [1.165, 1.54) is 12.1 Å². The second-order valence-corrected chi connectivity index (χ2v) is 10.3. The molecule has 2 aliphatic heterocycles. The summed E-state index contributed by atoms with van der Waals surface area (Å²) in [7, 11) is 0. The Bertz CT molecular complexity index is 1370. The highest BCUT2D eigenvalue weighted by Gasteiger charge is 2.36. The largest absolute Gasteiger partial charge is 0.353 e. The van der Waals surface area contributed by atoms with Crippen molar-refractivity contribution in [3.05, 3.63) is 94.9 Å². The van der Waals surface area contributed by atoms with Gasteiger partial charge < -0.3 is 15.0 Å². The van der Waals surface area contributed by atoms with Gasteiger partial charge in [0.1, 0.15) is 18.1 Å². The first-order valence-corrected chi connectivity index (χ1v) is 13.3. The van der Waals surface area contributed by atoms with Crippen LogP contribution in [0.15, 0.2) is 83.5 Å². The predicted molar refractivity (Wildman–Crippen MR) is 146 cm³/mol. The summed E-state index contributed by atoms with van der Waals surface area (Å²) in [6.45, 7) is 4.33. The number of halogens is 2. The van der Waals surface area contributed by atoms with Crippen LogP contribution in [0.1, 0.15) is 37.5 Å². The van der Waals surface area contributed by atoms with Crippen LogP contribution in [0, 0.1) is 5.82 Å². The molecule has 1 aromatic heterocycles. The Hall–Kier alpha value is -3.56. The van der Waals surface area contributed by atoms with Gasteiger partial charge in [0.25, 0.3) is 5.91 Å². The first-order valence-electron chi connectivity index (χ1n) is 12.5. The fraction of sp³-hybridized carbons (Fsp3) is 0.276. The van der Waals surface area contributed by atoms with Gasteiger partial charge in [-0.3, -0.25) is 9.59 Å². The van der Waals surface area contributed by atoms with E-state index >= 15 is 0 Å². The minimum atomic E-state index is -0.632. The molecule has 2 atom stereocenters. The fourth-order valence-corrected chi connectivity index (χ4v) is 5.03. The van der Waals surface area contributed by atoms with Gasteiger partial charge in [0, 0.05) is 40.8 Å². The third-order valence-electron chi connectivity index (χ3n) is 6.84. The lowest BCUT2D eigenvalue weighted by Gasteiger charge is -2.23. The third kappa shape index (κ3) is 5.79. The molecule has 0 saturated carbocycles. The first kappa shape index (κ1) is 26.1. The topological polar surface area (TPSA) is 76.5 Å². The number of hydrogen-bond donors (Lipinski definition) is 1. The standard InChI is InChI=1S/C29H28BrFN4O3/c1-2-19(3-10-23-11-14-26(36)32-23)15-16-34-27(37)18-38-29(34)25-17-35(24-12-6-21(30)7-13-24)33-28(25)20-4-8-22(31)9-5-20/h2-9,12-13,17,23,29H,1,10-11,14-16,18H2,(H,32,36)/b19-3+. The Balaban J connectivity index is 1.41. The summed E-state index contributed by atoms with van der Waals surface area (Å²) in [5, 5.41) is 7.78. The average molecular weight is 579 g/mol.